The minimum Gasteiger partial charge on any atom is -0.466 e. The van der Waals surface area contributed by atoms with Crippen molar-refractivity contribution in [3.8, 4) is 0 Å². The molecule has 8 nitrogen and oxygen atoms in total. The molecular formula is C14H18N2O6S3. The first-order valence-corrected chi connectivity index (χ1v) is 10.2. The molecule has 0 N–H and O–H groups in total. The minimum absolute atomic E-state index is 0.0971. The largest absolute Gasteiger partial charge is 0.466 e. The quantitative estimate of drug-likeness (QED) is 0.289. The van der Waals surface area contributed by atoms with Crippen LogP contribution in [0.15, 0.2) is 8.68 Å². The van der Waals surface area contributed by atoms with E-state index in [2.05, 4.69) is 10.2 Å². The summed E-state index contributed by atoms with van der Waals surface area (Å²) in [6, 6.07) is 0. The number of aromatic nitrogens is 2. The summed E-state index contributed by atoms with van der Waals surface area (Å²) < 4.78 is 10.5. The van der Waals surface area contributed by atoms with E-state index in [1.807, 2.05) is 0 Å². The van der Waals surface area contributed by atoms with Crippen LogP contribution in [0.3, 0.4) is 0 Å². The molecule has 0 radical (unpaired) electrons. The zero-order valence-electron chi connectivity index (χ0n) is 13.8. The Morgan fingerprint density at radius 1 is 0.840 bits per heavy atom. The number of esters is 2. The molecule has 0 unspecified atom stereocenters. The lowest BCUT2D eigenvalue weighted by Gasteiger charge is -2.00. The van der Waals surface area contributed by atoms with Crippen molar-refractivity contribution in [3.63, 3.8) is 0 Å². The fraction of sp³-hybridized carbons (Fsp3) is 0.571. The normalized spacial score (nSPS) is 10.3. The summed E-state index contributed by atoms with van der Waals surface area (Å²) in [4.78, 5) is 45.6. The highest BCUT2D eigenvalue weighted by Gasteiger charge is 2.15. The lowest BCUT2D eigenvalue weighted by molar-refractivity contribution is -0.146. The fourth-order valence-electron chi connectivity index (χ4n) is 1.45. The van der Waals surface area contributed by atoms with E-state index >= 15 is 0 Å². The van der Waals surface area contributed by atoms with Crippen molar-refractivity contribution in [2.24, 2.45) is 0 Å². The van der Waals surface area contributed by atoms with Crippen molar-refractivity contribution in [2.75, 3.05) is 24.7 Å². The number of nitrogens with zero attached hydrogens (tertiary/aromatic N) is 2. The van der Waals surface area contributed by atoms with Gasteiger partial charge in [0.1, 0.15) is 12.8 Å². The van der Waals surface area contributed by atoms with E-state index in [-0.39, 0.29) is 49.1 Å². The van der Waals surface area contributed by atoms with Gasteiger partial charge in [-0.25, -0.2) is 0 Å². The number of carbonyl (C=O) groups excluding carboxylic acids is 4. The topological polar surface area (TPSA) is 113 Å². The van der Waals surface area contributed by atoms with Gasteiger partial charge in [0.25, 0.3) is 0 Å². The van der Waals surface area contributed by atoms with Crippen LogP contribution in [0.4, 0.5) is 0 Å². The van der Waals surface area contributed by atoms with Crippen LogP contribution in [0.2, 0.25) is 0 Å². The Labute approximate surface area is 157 Å². The second-order valence-corrected chi connectivity index (χ2v) is 7.87. The molecule has 138 valence electrons. The Balaban J connectivity index is 2.32. The molecule has 0 aromatic carbocycles. The Morgan fingerprint density at radius 2 is 1.24 bits per heavy atom. The van der Waals surface area contributed by atoms with Crippen LogP contribution in [0.1, 0.15) is 26.7 Å². The molecular weight excluding hydrogens is 388 g/mol. The number of hydrogen-bond donors (Lipinski definition) is 0. The summed E-state index contributed by atoms with van der Waals surface area (Å²) in [6.07, 6.45) is -0.521. The molecule has 0 amide bonds. The molecule has 1 aromatic heterocycles. The van der Waals surface area contributed by atoms with E-state index < -0.39 is 11.9 Å². The molecule has 1 rings (SSSR count). The number of rotatable bonds is 12. The molecule has 0 bridgehead atoms. The van der Waals surface area contributed by atoms with Crippen molar-refractivity contribution in [3.05, 3.63) is 0 Å². The van der Waals surface area contributed by atoms with Gasteiger partial charge >= 0.3 is 11.9 Å². The highest BCUT2D eigenvalue weighted by atomic mass is 32.2. The van der Waals surface area contributed by atoms with E-state index in [1.165, 1.54) is 34.9 Å². The van der Waals surface area contributed by atoms with Crippen LogP contribution in [0.25, 0.3) is 0 Å². The molecule has 1 heterocycles. The third kappa shape index (κ3) is 9.56. The van der Waals surface area contributed by atoms with Crippen molar-refractivity contribution in [1.82, 2.24) is 10.2 Å². The SMILES string of the molecule is CCOC(=O)CC(=O)CSc1nnc(SCC(=O)CC(=O)OCC)s1. The zero-order valence-corrected chi connectivity index (χ0v) is 16.3. The van der Waals surface area contributed by atoms with Gasteiger partial charge in [0.15, 0.2) is 20.2 Å². The standard InChI is InChI=1S/C14H18N2O6S3/c1-3-21-11(19)5-9(17)7-23-13-15-16-14(25-13)24-8-10(18)6-12(20)22-4-2/h3-8H2,1-2H3. The minimum atomic E-state index is -0.540. The highest BCUT2D eigenvalue weighted by molar-refractivity contribution is 8.03. The predicted octanol–water partition coefficient (Wildman–Crippen LogP) is 1.77. The van der Waals surface area contributed by atoms with E-state index in [4.69, 9.17) is 9.47 Å². The van der Waals surface area contributed by atoms with E-state index in [1.54, 1.807) is 13.8 Å². The predicted molar refractivity (Wildman–Crippen MR) is 93.9 cm³/mol. The lowest BCUT2D eigenvalue weighted by Crippen LogP contribution is -2.12. The molecule has 25 heavy (non-hydrogen) atoms. The molecule has 11 heteroatoms. The molecule has 0 fully saturated rings. The van der Waals surface area contributed by atoms with Crippen LogP contribution in [-0.2, 0) is 28.7 Å². The maximum atomic E-state index is 11.6. The Morgan fingerprint density at radius 3 is 1.60 bits per heavy atom. The highest BCUT2D eigenvalue weighted by Crippen LogP contribution is 2.29. The smallest absolute Gasteiger partial charge is 0.313 e. The second-order valence-electron chi connectivity index (χ2n) is 4.45. The maximum Gasteiger partial charge on any atom is 0.313 e. The average molecular weight is 407 g/mol. The van der Waals surface area contributed by atoms with Gasteiger partial charge in [0.2, 0.25) is 0 Å². The molecule has 0 spiro atoms. The summed E-state index contributed by atoms with van der Waals surface area (Å²) in [5, 5.41) is 7.82. The van der Waals surface area contributed by atoms with E-state index in [0.717, 1.165) is 0 Å². The van der Waals surface area contributed by atoms with Crippen molar-refractivity contribution in [1.29, 1.82) is 0 Å². The fourth-order valence-corrected chi connectivity index (χ4v) is 4.19. The molecule has 1 aromatic rings. The van der Waals surface area contributed by atoms with Gasteiger partial charge in [-0.15, -0.1) is 10.2 Å². The number of Topliss-reactive ketones (excluding diaryl/α,β-unsaturated/α-hetero) is 2. The summed E-state index contributed by atoms with van der Waals surface area (Å²) in [5.74, 6) is -1.39. The van der Waals surface area contributed by atoms with Crippen LogP contribution < -0.4 is 0 Å². The third-order valence-electron chi connectivity index (χ3n) is 2.39. The molecule has 0 atom stereocenters. The molecule has 0 saturated carbocycles. The molecule has 0 saturated heterocycles. The molecule has 0 aliphatic rings. The summed E-state index contributed by atoms with van der Waals surface area (Å²) in [7, 11) is 0. The third-order valence-corrected chi connectivity index (χ3v) is 5.70. The summed E-state index contributed by atoms with van der Waals surface area (Å²) >= 11 is 3.59. The van der Waals surface area contributed by atoms with Crippen molar-refractivity contribution >= 4 is 58.4 Å². The number of ether oxygens (including phenoxy) is 2. The van der Waals surface area contributed by atoms with E-state index in [9.17, 15) is 19.2 Å². The van der Waals surface area contributed by atoms with Crippen LogP contribution in [0.5, 0.6) is 0 Å². The van der Waals surface area contributed by atoms with Crippen LogP contribution in [0, 0.1) is 0 Å². The maximum absolute atomic E-state index is 11.6. The van der Waals surface area contributed by atoms with Crippen LogP contribution >= 0.6 is 34.9 Å². The van der Waals surface area contributed by atoms with Crippen molar-refractivity contribution in [2.45, 2.75) is 35.4 Å². The number of carbonyl (C=O) groups is 4. The van der Waals surface area contributed by atoms with Crippen molar-refractivity contribution < 1.29 is 28.7 Å². The lowest BCUT2D eigenvalue weighted by atomic mass is 10.3. The van der Waals surface area contributed by atoms with E-state index in [0.29, 0.717) is 8.68 Å². The first-order chi connectivity index (χ1) is 11.9. The Hall–Kier alpha value is -1.46. The van der Waals surface area contributed by atoms with Gasteiger partial charge in [-0.05, 0) is 13.8 Å². The second kappa shape index (κ2) is 12.0. The van der Waals surface area contributed by atoms with Gasteiger partial charge < -0.3 is 9.47 Å². The van der Waals surface area contributed by atoms with Crippen LogP contribution in [-0.4, -0.2) is 58.4 Å². The first-order valence-electron chi connectivity index (χ1n) is 7.38. The number of hydrogen-bond acceptors (Lipinski definition) is 11. The monoisotopic (exact) mass is 406 g/mol. The zero-order chi connectivity index (χ0) is 18.7. The number of ketones is 2. The van der Waals surface area contributed by atoms with Gasteiger partial charge in [0.05, 0.1) is 24.7 Å². The van der Waals surface area contributed by atoms with Gasteiger partial charge in [0, 0.05) is 0 Å². The van der Waals surface area contributed by atoms with Gasteiger partial charge in [-0.1, -0.05) is 34.9 Å². The summed E-state index contributed by atoms with van der Waals surface area (Å²) in [6.45, 7) is 3.83. The Bertz CT molecular complexity index is 569. The average Bonchev–Trinajstić information content (AvgIpc) is 2.99. The molecule has 0 aliphatic carbocycles. The van der Waals surface area contributed by atoms with Gasteiger partial charge in [-0.2, -0.15) is 0 Å². The summed E-state index contributed by atoms with van der Waals surface area (Å²) in [5.41, 5.74) is 0. The number of thioether (sulfide) groups is 2. The first kappa shape index (κ1) is 21.6. The van der Waals surface area contributed by atoms with Gasteiger partial charge in [-0.3, -0.25) is 19.2 Å². The molecule has 0 aliphatic heterocycles. The Kier molecular flexibility index (Phi) is 10.3.